The zero-order valence-electron chi connectivity index (χ0n) is 14.4. The van der Waals surface area contributed by atoms with E-state index in [4.69, 9.17) is 16.3 Å². The van der Waals surface area contributed by atoms with Gasteiger partial charge in [0.05, 0.1) is 12.9 Å². The second kappa shape index (κ2) is 7.57. The number of hydrogen-bond donors (Lipinski definition) is 4. The maximum atomic E-state index is 14.0. The molecule has 9 nitrogen and oxygen atoms in total. The third kappa shape index (κ3) is 3.19. The fraction of sp³-hybridized carbons (Fsp3) is 0.353. The molecule has 0 bridgehead atoms. The smallest absolute Gasteiger partial charge is 0.167 e. The first-order valence-corrected chi connectivity index (χ1v) is 8.85. The zero-order chi connectivity index (χ0) is 19.8. The molecule has 148 valence electrons. The zero-order valence-corrected chi connectivity index (χ0v) is 15.2. The Labute approximate surface area is 163 Å². The molecule has 1 saturated heterocycles. The number of ether oxygens (including phenoxy) is 1. The number of aliphatic hydroxyl groups excluding tert-OH is 3. The van der Waals surface area contributed by atoms with Crippen LogP contribution in [0.1, 0.15) is 11.8 Å². The van der Waals surface area contributed by atoms with Crippen molar-refractivity contribution >= 4 is 28.6 Å². The number of halogens is 2. The van der Waals surface area contributed by atoms with E-state index in [1.165, 1.54) is 29.4 Å². The number of benzene rings is 1. The molecular weight excluding hydrogens is 393 g/mol. The number of imidazole rings is 1. The first-order chi connectivity index (χ1) is 13.5. The summed E-state index contributed by atoms with van der Waals surface area (Å²) in [7, 11) is 0. The summed E-state index contributed by atoms with van der Waals surface area (Å²) in [6, 6.07) is 4.43. The van der Waals surface area contributed by atoms with Crippen molar-refractivity contribution in [2.45, 2.75) is 31.1 Å². The minimum atomic E-state index is -1.27. The van der Waals surface area contributed by atoms with Gasteiger partial charge in [-0.1, -0.05) is 17.7 Å². The van der Waals surface area contributed by atoms with Gasteiger partial charge in [0.1, 0.15) is 30.5 Å². The highest BCUT2D eigenvalue weighted by molar-refractivity contribution is 6.31. The number of rotatable bonds is 5. The molecule has 1 aliphatic rings. The second-order valence-corrected chi connectivity index (χ2v) is 6.74. The van der Waals surface area contributed by atoms with Gasteiger partial charge in [0.15, 0.2) is 23.2 Å². The van der Waals surface area contributed by atoms with Crippen molar-refractivity contribution in [3.8, 4) is 0 Å². The van der Waals surface area contributed by atoms with E-state index in [0.717, 1.165) is 0 Å². The van der Waals surface area contributed by atoms with Gasteiger partial charge in [-0.2, -0.15) is 0 Å². The largest absolute Gasteiger partial charge is 0.394 e. The maximum Gasteiger partial charge on any atom is 0.167 e. The summed E-state index contributed by atoms with van der Waals surface area (Å²) in [6.45, 7) is -0.356. The van der Waals surface area contributed by atoms with Crippen molar-refractivity contribution < 1.29 is 24.4 Å². The van der Waals surface area contributed by atoms with Gasteiger partial charge in [-0.25, -0.2) is 19.3 Å². The fourth-order valence-corrected chi connectivity index (χ4v) is 3.38. The van der Waals surface area contributed by atoms with Crippen LogP contribution in [0, 0.1) is 5.82 Å². The van der Waals surface area contributed by atoms with Crippen molar-refractivity contribution in [1.29, 1.82) is 0 Å². The Morgan fingerprint density at radius 3 is 2.75 bits per heavy atom. The number of hydrogen-bond acceptors (Lipinski definition) is 8. The van der Waals surface area contributed by atoms with Gasteiger partial charge in [-0.15, -0.1) is 0 Å². The van der Waals surface area contributed by atoms with Gasteiger partial charge in [0, 0.05) is 17.1 Å². The van der Waals surface area contributed by atoms with Crippen molar-refractivity contribution in [3.05, 3.63) is 47.3 Å². The number of fused-ring (bicyclic) bond motifs is 1. The number of anilines is 1. The molecule has 2 aromatic heterocycles. The normalized spacial score (nSPS) is 24.8. The van der Waals surface area contributed by atoms with Gasteiger partial charge in [-0.3, -0.25) is 4.57 Å². The van der Waals surface area contributed by atoms with Gasteiger partial charge in [-0.05, 0) is 12.1 Å². The van der Waals surface area contributed by atoms with E-state index >= 15 is 0 Å². The summed E-state index contributed by atoms with van der Waals surface area (Å²) < 4.78 is 20.9. The molecule has 0 radical (unpaired) electrons. The Balaban J connectivity index is 1.62. The van der Waals surface area contributed by atoms with E-state index in [9.17, 15) is 19.7 Å². The van der Waals surface area contributed by atoms with Crippen LogP contribution in [0.15, 0.2) is 30.9 Å². The first-order valence-electron chi connectivity index (χ1n) is 8.48. The minimum absolute atomic E-state index is 0.0817. The van der Waals surface area contributed by atoms with Crippen LogP contribution < -0.4 is 5.32 Å². The van der Waals surface area contributed by atoms with Crippen LogP contribution in [0.4, 0.5) is 10.2 Å². The molecule has 0 amide bonds. The number of aliphatic hydroxyl groups is 3. The summed E-state index contributed by atoms with van der Waals surface area (Å²) in [5, 5.41) is 32.7. The number of aromatic nitrogens is 4. The summed E-state index contributed by atoms with van der Waals surface area (Å²) in [5.74, 6) is -0.0999. The van der Waals surface area contributed by atoms with Crippen molar-refractivity contribution in [2.75, 3.05) is 11.9 Å². The topological polar surface area (TPSA) is 126 Å². The Morgan fingerprint density at radius 1 is 1.21 bits per heavy atom. The molecule has 0 aliphatic carbocycles. The molecule has 11 heteroatoms. The summed E-state index contributed by atoms with van der Waals surface area (Å²) in [6.07, 6.45) is -1.72. The van der Waals surface area contributed by atoms with Crippen molar-refractivity contribution in [1.82, 2.24) is 19.5 Å². The maximum absolute atomic E-state index is 14.0. The summed E-state index contributed by atoms with van der Waals surface area (Å²) >= 11 is 6.04. The Hall–Kier alpha value is -2.37. The molecule has 4 atom stereocenters. The van der Waals surface area contributed by atoms with E-state index in [-0.39, 0.29) is 11.6 Å². The molecule has 4 rings (SSSR count). The molecule has 0 spiro atoms. The molecule has 0 saturated carbocycles. The monoisotopic (exact) mass is 409 g/mol. The molecule has 3 aromatic rings. The predicted molar refractivity (Wildman–Crippen MR) is 97.1 cm³/mol. The van der Waals surface area contributed by atoms with Crippen LogP contribution in [0.25, 0.3) is 11.2 Å². The Bertz CT molecular complexity index is 983. The number of nitrogens with zero attached hydrogens (tertiary/aromatic N) is 4. The van der Waals surface area contributed by atoms with Gasteiger partial charge < -0.3 is 25.4 Å². The van der Waals surface area contributed by atoms with Gasteiger partial charge in [0.25, 0.3) is 0 Å². The lowest BCUT2D eigenvalue weighted by atomic mass is 10.1. The van der Waals surface area contributed by atoms with Gasteiger partial charge >= 0.3 is 0 Å². The van der Waals surface area contributed by atoms with Gasteiger partial charge in [0.2, 0.25) is 0 Å². The third-order valence-electron chi connectivity index (χ3n) is 4.64. The second-order valence-electron chi connectivity index (χ2n) is 6.33. The van der Waals surface area contributed by atoms with Crippen LogP contribution in [0.5, 0.6) is 0 Å². The number of nitrogens with one attached hydrogen (secondary N) is 1. The van der Waals surface area contributed by atoms with Crippen LogP contribution in [-0.4, -0.2) is 59.8 Å². The summed E-state index contributed by atoms with van der Waals surface area (Å²) in [4.78, 5) is 12.5. The molecule has 4 N–H and O–H groups in total. The Morgan fingerprint density at radius 2 is 2.04 bits per heavy atom. The third-order valence-corrected chi connectivity index (χ3v) is 5.00. The highest BCUT2D eigenvalue weighted by atomic mass is 35.5. The van der Waals surface area contributed by atoms with E-state index < -0.39 is 37.0 Å². The van der Waals surface area contributed by atoms with Crippen molar-refractivity contribution in [2.24, 2.45) is 0 Å². The minimum Gasteiger partial charge on any atom is -0.394 e. The lowest BCUT2D eigenvalue weighted by molar-refractivity contribution is -0.0511. The van der Waals surface area contributed by atoms with E-state index in [1.54, 1.807) is 6.07 Å². The molecule has 28 heavy (non-hydrogen) atoms. The molecular formula is C17H17ClFN5O4. The average molecular weight is 410 g/mol. The SMILES string of the molecule is OC[C@H]1O[C@@H](n2cnc3c(NCc4c(F)cccc4Cl)ncnc32)[C@H](O)[C@@H]1O. The molecule has 3 heterocycles. The molecule has 1 aromatic carbocycles. The highest BCUT2D eigenvalue weighted by Gasteiger charge is 2.44. The lowest BCUT2D eigenvalue weighted by Crippen LogP contribution is -2.33. The quantitative estimate of drug-likeness (QED) is 0.488. The summed E-state index contributed by atoms with van der Waals surface area (Å²) in [5.41, 5.74) is 0.999. The predicted octanol–water partition coefficient (Wildman–Crippen LogP) is 0.842. The average Bonchev–Trinajstić information content (AvgIpc) is 3.23. The van der Waals surface area contributed by atoms with Crippen LogP contribution in [-0.2, 0) is 11.3 Å². The molecule has 0 unspecified atom stereocenters. The fourth-order valence-electron chi connectivity index (χ4n) is 3.15. The van der Waals surface area contributed by atoms with Crippen LogP contribution in [0.2, 0.25) is 5.02 Å². The van der Waals surface area contributed by atoms with Crippen LogP contribution in [0.3, 0.4) is 0 Å². The highest BCUT2D eigenvalue weighted by Crippen LogP contribution is 2.32. The van der Waals surface area contributed by atoms with E-state index in [2.05, 4.69) is 20.3 Å². The molecule has 1 aliphatic heterocycles. The first kappa shape index (κ1) is 19.0. The standard InChI is InChI=1S/C17H17ClFN5O4/c18-9-2-1-3-10(19)8(9)4-20-15-12-16(22-6-21-15)24(7-23-12)17-14(27)13(26)11(5-25)28-17/h1-3,6-7,11,13-14,17,25-27H,4-5H2,(H,20,21,22)/t11-,13-,14-,17-/m1/s1. The van der Waals surface area contributed by atoms with E-state index in [1.807, 2.05) is 0 Å². The van der Waals surface area contributed by atoms with Crippen molar-refractivity contribution in [3.63, 3.8) is 0 Å². The Kier molecular flexibility index (Phi) is 5.13. The van der Waals surface area contributed by atoms with E-state index in [0.29, 0.717) is 22.5 Å². The molecule has 1 fully saturated rings. The lowest BCUT2D eigenvalue weighted by Gasteiger charge is -2.16. The van der Waals surface area contributed by atoms with Crippen LogP contribution >= 0.6 is 11.6 Å².